The Kier molecular flexibility index (Phi) is 6.38. The molecule has 0 heterocycles. The maximum absolute atomic E-state index is 12.3. The number of carbonyl (C=O) groups excluding carboxylic acids is 2. The summed E-state index contributed by atoms with van der Waals surface area (Å²) < 4.78 is 0. The van der Waals surface area contributed by atoms with Crippen LogP contribution in [0.1, 0.15) is 42.6 Å². The third-order valence-electron chi connectivity index (χ3n) is 4.06. The molecule has 0 radical (unpaired) electrons. The standard InChI is InChI=1S/C16H23N3O2.ClH/c1-11(20)18-9-12-3-5-13(6-4-12)15(21)19-16(2,10-17)14-7-8-14;/h3-6,14H,7-10,17H2,1-2H3,(H,18,20)(H,19,21);1H. The minimum Gasteiger partial charge on any atom is -0.352 e. The Morgan fingerprint density at radius 1 is 1.27 bits per heavy atom. The first-order valence-corrected chi connectivity index (χ1v) is 7.30. The van der Waals surface area contributed by atoms with Gasteiger partial charge in [0.1, 0.15) is 0 Å². The molecule has 1 aliphatic rings. The number of amides is 2. The minimum atomic E-state index is -0.314. The van der Waals surface area contributed by atoms with Crippen LogP contribution in [0, 0.1) is 5.92 Å². The second-order valence-electron chi connectivity index (χ2n) is 5.96. The van der Waals surface area contributed by atoms with Crippen molar-refractivity contribution in [2.75, 3.05) is 6.54 Å². The third-order valence-corrected chi connectivity index (χ3v) is 4.06. The maximum Gasteiger partial charge on any atom is 0.251 e. The zero-order valence-corrected chi connectivity index (χ0v) is 13.8. The van der Waals surface area contributed by atoms with E-state index in [9.17, 15) is 9.59 Å². The predicted octanol–water partition coefficient (Wildman–Crippen LogP) is 1.60. The molecule has 22 heavy (non-hydrogen) atoms. The monoisotopic (exact) mass is 325 g/mol. The quantitative estimate of drug-likeness (QED) is 0.742. The van der Waals surface area contributed by atoms with Gasteiger partial charge in [-0.25, -0.2) is 0 Å². The van der Waals surface area contributed by atoms with Gasteiger partial charge in [0.05, 0.1) is 5.54 Å². The summed E-state index contributed by atoms with van der Waals surface area (Å²) in [6.45, 7) is 4.41. The lowest BCUT2D eigenvalue weighted by Gasteiger charge is -2.29. The molecular formula is C16H24ClN3O2. The topological polar surface area (TPSA) is 84.2 Å². The van der Waals surface area contributed by atoms with Crippen molar-refractivity contribution in [1.29, 1.82) is 0 Å². The van der Waals surface area contributed by atoms with Crippen LogP contribution in [0.5, 0.6) is 0 Å². The Morgan fingerprint density at radius 3 is 2.32 bits per heavy atom. The van der Waals surface area contributed by atoms with Gasteiger partial charge in [0, 0.05) is 25.6 Å². The predicted molar refractivity (Wildman–Crippen MR) is 88.9 cm³/mol. The number of carbonyl (C=O) groups is 2. The van der Waals surface area contributed by atoms with Crippen molar-refractivity contribution >= 4 is 24.2 Å². The molecular weight excluding hydrogens is 302 g/mol. The molecule has 0 aliphatic heterocycles. The number of nitrogens with one attached hydrogen (secondary N) is 2. The fourth-order valence-corrected chi connectivity index (χ4v) is 2.37. The summed E-state index contributed by atoms with van der Waals surface area (Å²) in [5.74, 6) is 0.325. The van der Waals surface area contributed by atoms with Crippen molar-refractivity contribution in [3.05, 3.63) is 35.4 Å². The molecule has 1 unspecified atom stereocenters. The summed E-state index contributed by atoms with van der Waals surface area (Å²) in [7, 11) is 0. The van der Waals surface area contributed by atoms with E-state index >= 15 is 0 Å². The second kappa shape index (κ2) is 7.61. The van der Waals surface area contributed by atoms with E-state index < -0.39 is 0 Å². The Labute approximate surface area is 137 Å². The molecule has 0 saturated heterocycles. The van der Waals surface area contributed by atoms with Crippen molar-refractivity contribution in [3.63, 3.8) is 0 Å². The molecule has 0 bridgehead atoms. The normalized spacial score (nSPS) is 16.1. The van der Waals surface area contributed by atoms with Crippen LogP contribution in [0.15, 0.2) is 24.3 Å². The van der Waals surface area contributed by atoms with Crippen LogP contribution in [0.2, 0.25) is 0 Å². The van der Waals surface area contributed by atoms with E-state index in [1.165, 1.54) is 6.92 Å². The highest BCUT2D eigenvalue weighted by Gasteiger charge is 2.41. The van der Waals surface area contributed by atoms with Gasteiger partial charge in [0.2, 0.25) is 5.91 Å². The average molecular weight is 326 g/mol. The fourth-order valence-electron chi connectivity index (χ4n) is 2.37. The Bertz CT molecular complexity index is 529. The van der Waals surface area contributed by atoms with E-state index in [0.717, 1.165) is 18.4 Å². The fraction of sp³-hybridized carbons (Fsp3) is 0.500. The summed E-state index contributed by atoms with van der Waals surface area (Å²) in [5, 5.41) is 5.78. The van der Waals surface area contributed by atoms with Gasteiger partial charge in [-0.3, -0.25) is 9.59 Å². The van der Waals surface area contributed by atoms with Crippen molar-refractivity contribution in [3.8, 4) is 0 Å². The van der Waals surface area contributed by atoms with Crippen molar-refractivity contribution in [1.82, 2.24) is 10.6 Å². The van der Waals surface area contributed by atoms with E-state index in [-0.39, 0.29) is 29.8 Å². The first kappa shape index (κ1) is 18.5. The van der Waals surface area contributed by atoms with Gasteiger partial charge in [-0.15, -0.1) is 12.4 Å². The van der Waals surface area contributed by atoms with Crippen LogP contribution in [-0.4, -0.2) is 23.9 Å². The lowest BCUT2D eigenvalue weighted by Crippen LogP contribution is -2.53. The van der Waals surface area contributed by atoms with E-state index in [4.69, 9.17) is 5.73 Å². The first-order valence-electron chi connectivity index (χ1n) is 7.30. The first-order chi connectivity index (χ1) is 9.94. The van der Waals surface area contributed by atoms with Crippen LogP contribution in [0.25, 0.3) is 0 Å². The highest BCUT2D eigenvalue weighted by atomic mass is 35.5. The van der Waals surface area contributed by atoms with Gasteiger partial charge in [0.25, 0.3) is 5.91 Å². The van der Waals surface area contributed by atoms with Crippen LogP contribution >= 0.6 is 12.4 Å². The van der Waals surface area contributed by atoms with Crippen LogP contribution in [0.4, 0.5) is 0 Å². The highest BCUT2D eigenvalue weighted by molar-refractivity contribution is 5.94. The van der Waals surface area contributed by atoms with Crippen LogP contribution < -0.4 is 16.4 Å². The molecule has 1 aromatic carbocycles. The largest absolute Gasteiger partial charge is 0.352 e. The number of nitrogens with two attached hydrogens (primary N) is 1. The SMILES string of the molecule is CC(=O)NCc1ccc(C(=O)NC(C)(CN)C2CC2)cc1.Cl. The molecule has 1 fully saturated rings. The van der Waals surface area contributed by atoms with E-state index in [1.54, 1.807) is 12.1 Å². The van der Waals surface area contributed by atoms with Gasteiger partial charge < -0.3 is 16.4 Å². The number of hydrogen-bond donors (Lipinski definition) is 3. The van der Waals surface area contributed by atoms with Crippen LogP contribution in [-0.2, 0) is 11.3 Å². The average Bonchev–Trinajstić information content (AvgIpc) is 3.30. The number of hydrogen-bond acceptors (Lipinski definition) is 3. The Hall–Kier alpha value is -1.59. The smallest absolute Gasteiger partial charge is 0.251 e. The maximum atomic E-state index is 12.3. The van der Waals surface area contributed by atoms with E-state index in [0.29, 0.717) is 24.6 Å². The summed E-state index contributed by atoms with van der Waals surface area (Å²) in [4.78, 5) is 23.2. The van der Waals surface area contributed by atoms with E-state index in [2.05, 4.69) is 10.6 Å². The molecule has 122 valence electrons. The lowest BCUT2D eigenvalue weighted by molar-refractivity contribution is -0.119. The van der Waals surface area contributed by atoms with Crippen molar-refractivity contribution in [2.24, 2.45) is 11.7 Å². The summed E-state index contributed by atoms with van der Waals surface area (Å²) in [6, 6.07) is 7.25. The zero-order chi connectivity index (χ0) is 15.5. The molecule has 0 aromatic heterocycles. The number of rotatable bonds is 6. The molecule has 5 nitrogen and oxygen atoms in total. The minimum absolute atomic E-state index is 0. The molecule has 4 N–H and O–H groups in total. The summed E-state index contributed by atoms with van der Waals surface area (Å²) in [5.41, 5.74) is 7.07. The summed E-state index contributed by atoms with van der Waals surface area (Å²) in [6.07, 6.45) is 2.26. The van der Waals surface area contributed by atoms with Gasteiger partial charge >= 0.3 is 0 Å². The van der Waals surface area contributed by atoms with Crippen LogP contribution in [0.3, 0.4) is 0 Å². The number of halogens is 1. The molecule has 1 aromatic rings. The zero-order valence-electron chi connectivity index (χ0n) is 13.0. The number of benzene rings is 1. The molecule has 1 saturated carbocycles. The van der Waals surface area contributed by atoms with Gasteiger partial charge in [0.15, 0.2) is 0 Å². The Morgan fingerprint density at radius 2 is 1.86 bits per heavy atom. The molecule has 0 spiro atoms. The van der Waals surface area contributed by atoms with E-state index in [1.807, 2.05) is 19.1 Å². The third kappa shape index (κ3) is 4.71. The molecule has 6 heteroatoms. The molecule has 2 amide bonds. The van der Waals surface area contributed by atoms with Gasteiger partial charge in [-0.05, 0) is 43.4 Å². The van der Waals surface area contributed by atoms with Gasteiger partial charge in [-0.1, -0.05) is 12.1 Å². The highest BCUT2D eigenvalue weighted by Crippen LogP contribution is 2.39. The van der Waals surface area contributed by atoms with Crippen molar-refractivity contribution < 1.29 is 9.59 Å². The lowest BCUT2D eigenvalue weighted by atomic mass is 9.95. The molecule has 1 atom stereocenters. The molecule has 1 aliphatic carbocycles. The van der Waals surface area contributed by atoms with Gasteiger partial charge in [-0.2, -0.15) is 0 Å². The Balaban J connectivity index is 0.00000242. The van der Waals surface area contributed by atoms with Crippen molar-refractivity contribution in [2.45, 2.75) is 38.8 Å². The summed E-state index contributed by atoms with van der Waals surface area (Å²) >= 11 is 0. The second-order valence-corrected chi connectivity index (χ2v) is 5.96. The molecule has 2 rings (SSSR count).